The molecular formula is C14H25N3O3. The summed E-state index contributed by atoms with van der Waals surface area (Å²) in [7, 11) is 1.66. The minimum atomic E-state index is 0.595. The van der Waals surface area contributed by atoms with Crippen molar-refractivity contribution in [2.75, 3.05) is 46.6 Å². The zero-order chi connectivity index (χ0) is 14.5. The van der Waals surface area contributed by atoms with Gasteiger partial charge in [0.05, 0.1) is 32.6 Å². The van der Waals surface area contributed by atoms with Crippen LogP contribution in [0.4, 0.5) is 0 Å². The van der Waals surface area contributed by atoms with Gasteiger partial charge < -0.3 is 24.5 Å². The number of furan rings is 1. The Kier molecular flexibility index (Phi) is 9.34. The maximum absolute atomic E-state index is 5.36. The first-order chi connectivity index (χ1) is 9.86. The maximum Gasteiger partial charge on any atom is 0.191 e. The zero-order valence-corrected chi connectivity index (χ0v) is 12.4. The van der Waals surface area contributed by atoms with Gasteiger partial charge in [0.1, 0.15) is 5.76 Å². The molecule has 6 heteroatoms. The van der Waals surface area contributed by atoms with Gasteiger partial charge in [-0.15, -0.1) is 0 Å². The molecule has 2 N–H and O–H groups in total. The predicted molar refractivity (Wildman–Crippen MR) is 79.1 cm³/mol. The topological polar surface area (TPSA) is 68.0 Å². The molecule has 0 amide bonds. The van der Waals surface area contributed by atoms with E-state index in [2.05, 4.69) is 15.6 Å². The molecule has 6 nitrogen and oxygen atoms in total. The number of hydrogen-bond acceptors (Lipinski definition) is 4. The van der Waals surface area contributed by atoms with E-state index < -0.39 is 0 Å². The number of rotatable bonds is 10. The van der Waals surface area contributed by atoms with Crippen LogP contribution in [0.5, 0.6) is 0 Å². The molecule has 20 heavy (non-hydrogen) atoms. The second-order valence-corrected chi connectivity index (χ2v) is 4.12. The summed E-state index contributed by atoms with van der Waals surface area (Å²) < 4.78 is 15.5. The van der Waals surface area contributed by atoms with Gasteiger partial charge in [-0.1, -0.05) is 0 Å². The summed E-state index contributed by atoms with van der Waals surface area (Å²) in [5.41, 5.74) is 0. The van der Waals surface area contributed by atoms with Crippen molar-refractivity contribution >= 4 is 5.96 Å². The smallest absolute Gasteiger partial charge is 0.191 e. The van der Waals surface area contributed by atoms with Crippen LogP contribution in [0, 0.1) is 0 Å². The van der Waals surface area contributed by atoms with Crippen molar-refractivity contribution in [2.45, 2.75) is 13.3 Å². The average Bonchev–Trinajstić information content (AvgIpc) is 2.96. The minimum absolute atomic E-state index is 0.595. The van der Waals surface area contributed by atoms with Crippen LogP contribution in [-0.2, 0) is 15.9 Å². The Bertz CT molecular complexity index is 353. The van der Waals surface area contributed by atoms with Crippen LogP contribution in [0.2, 0.25) is 0 Å². The molecule has 1 aromatic rings. The Morgan fingerprint density at radius 3 is 2.90 bits per heavy atom. The molecule has 0 aliphatic rings. The molecule has 0 saturated heterocycles. The van der Waals surface area contributed by atoms with Crippen molar-refractivity contribution in [3.63, 3.8) is 0 Å². The van der Waals surface area contributed by atoms with Crippen LogP contribution in [0.1, 0.15) is 12.7 Å². The lowest BCUT2D eigenvalue weighted by molar-refractivity contribution is 0.0748. The molecule has 0 aromatic carbocycles. The molecule has 0 unspecified atom stereocenters. The Labute approximate surface area is 120 Å². The van der Waals surface area contributed by atoms with Gasteiger partial charge in [0, 0.05) is 26.6 Å². The van der Waals surface area contributed by atoms with Crippen LogP contribution < -0.4 is 10.6 Å². The monoisotopic (exact) mass is 283 g/mol. The summed E-state index contributed by atoms with van der Waals surface area (Å²) in [6.07, 6.45) is 2.52. The molecule has 0 radical (unpaired) electrons. The van der Waals surface area contributed by atoms with Crippen LogP contribution >= 0.6 is 0 Å². The van der Waals surface area contributed by atoms with Crippen LogP contribution in [0.25, 0.3) is 0 Å². The number of ether oxygens (including phenoxy) is 2. The van der Waals surface area contributed by atoms with Crippen molar-refractivity contribution < 1.29 is 13.9 Å². The van der Waals surface area contributed by atoms with E-state index >= 15 is 0 Å². The lowest BCUT2D eigenvalue weighted by Crippen LogP contribution is -2.38. The molecule has 0 fully saturated rings. The van der Waals surface area contributed by atoms with E-state index in [0.717, 1.165) is 31.2 Å². The van der Waals surface area contributed by atoms with E-state index in [1.807, 2.05) is 19.1 Å². The molecule has 0 bridgehead atoms. The van der Waals surface area contributed by atoms with Gasteiger partial charge in [-0.25, -0.2) is 0 Å². The fourth-order valence-corrected chi connectivity index (χ4v) is 1.57. The summed E-state index contributed by atoms with van der Waals surface area (Å²) in [6, 6.07) is 3.86. The molecule has 1 heterocycles. The second kappa shape index (κ2) is 11.3. The molecule has 0 aliphatic carbocycles. The molecular weight excluding hydrogens is 258 g/mol. The normalized spacial score (nSPS) is 11.6. The molecule has 1 aromatic heterocycles. The van der Waals surface area contributed by atoms with E-state index in [4.69, 9.17) is 13.9 Å². The average molecular weight is 283 g/mol. The van der Waals surface area contributed by atoms with Crippen molar-refractivity contribution in [1.82, 2.24) is 10.6 Å². The van der Waals surface area contributed by atoms with Crippen LogP contribution in [0.15, 0.2) is 27.8 Å². The molecule has 114 valence electrons. The maximum atomic E-state index is 5.36. The number of methoxy groups -OCH3 is 1. The van der Waals surface area contributed by atoms with Crippen molar-refractivity contribution in [3.8, 4) is 0 Å². The van der Waals surface area contributed by atoms with Gasteiger partial charge in [-0.2, -0.15) is 0 Å². The van der Waals surface area contributed by atoms with E-state index in [0.29, 0.717) is 26.4 Å². The van der Waals surface area contributed by atoms with Crippen molar-refractivity contribution in [1.29, 1.82) is 0 Å². The molecule has 0 atom stereocenters. The first-order valence-electron chi connectivity index (χ1n) is 6.98. The number of aliphatic imine (C=N–C) groups is 1. The highest BCUT2D eigenvalue weighted by molar-refractivity contribution is 5.79. The Morgan fingerprint density at radius 1 is 1.30 bits per heavy atom. The van der Waals surface area contributed by atoms with E-state index in [-0.39, 0.29) is 0 Å². The van der Waals surface area contributed by atoms with Crippen molar-refractivity contribution in [3.05, 3.63) is 24.2 Å². The summed E-state index contributed by atoms with van der Waals surface area (Å²) in [5, 5.41) is 6.45. The Morgan fingerprint density at radius 2 is 2.20 bits per heavy atom. The predicted octanol–water partition coefficient (Wildman–Crippen LogP) is 1.04. The third-order valence-electron chi connectivity index (χ3n) is 2.53. The van der Waals surface area contributed by atoms with E-state index in [9.17, 15) is 0 Å². The lowest BCUT2D eigenvalue weighted by atomic mass is 10.3. The largest absolute Gasteiger partial charge is 0.469 e. The van der Waals surface area contributed by atoms with Gasteiger partial charge >= 0.3 is 0 Å². The fourth-order valence-electron chi connectivity index (χ4n) is 1.57. The Balaban J connectivity index is 2.17. The van der Waals surface area contributed by atoms with Gasteiger partial charge in [0.2, 0.25) is 0 Å². The Hall–Kier alpha value is -1.53. The number of nitrogens with one attached hydrogen (secondary N) is 2. The minimum Gasteiger partial charge on any atom is -0.469 e. The number of nitrogens with zero attached hydrogens (tertiary/aromatic N) is 1. The highest BCUT2D eigenvalue weighted by Crippen LogP contribution is 1.99. The summed E-state index contributed by atoms with van der Waals surface area (Å²) >= 11 is 0. The second-order valence-electron chi connectivity index (χ2n) is 4.12. The van der Waals surface area contributed by atoms with Gasteiger partial charge in [0.15, 0.2) is 5.96 Å². The summed E-state index contributed by atoms with van der Waals surface area (Å²) in [4.78, 5) is 4.43. The highest BCUT2D eigenvalue weighted by Gasteiger charge is 1.99. The molecule has 1 rings (SSSR count). The standard InChI is InChI=1S/C14H25N3O3/c1-3-15-14(17-8-10-19-12-11-18-2)16-7-6-13-5-4-9-20-13/h4-5,9H,3,6-8,10-12H2,1-2H3,(H2,15,16,17). The first kappa shape index (κ1) is 16.5. The van der Waals surface area contributed by atoms with Crippen LogP contribution in [0.3, 0.4) is 0 Å². The summed E-state index contributed by atoms with van der Waals surface area (Å²) in [6.45, 7) is 6.09. The van der Waals surface area contributed by atoms with Crippen LogP contribution in [-0.4, -0.2) is 52.5 Å². The zero-order valence-electron chi connectivity index (χ0n) is 12.4. The SMILES string of the molecule is CCNC(=NCCOCCOC)NCCc1ccco1. The van der Waals surface area contributed by atoms with Gasteiger partial charge in [0.25, 0.3) is 0 Å². The number of hydrogen-bond donors (Lipinski definition) is 2. The third-order valence-corrected chi connectivity index (χ3v) is 2.53. The lowest BCUT2D eigenvalue weighted by Gasteiger charge is -2.10. The van der Waals surface area contributed by atoms with E-state index in [1.54, 1.807) is 13.4 Å². The fraction of sp³-hybridized carbons (Fsp3) is 0.643. The number of guanidine groups is 1. The molecule has 0 aliphatic heterocycles. The van der Waals surface area contributed by atoms with Gasteiger partial charge in [-0.3, -0.25) is 4.99 Å². The molecule has 0 saturated carbocycles. The third kappa shape index (κ3) is 7.81. The molecule has 0 spiro atoms. The first-order valence-corrected chi connectivity index (χ1v) is 6.98. The van der Waals surface area contributed by atoms with E-state index in [1.165, 1.54) is 0 Å². The van der Waals surface area contributed by atoms with Crippen molar-refractivity contribution in [2.24, 2.45) is 4.99 Å². The summed E-state index contributed by atoms with van der Waals surface area (Å²) in [5.74, 6) is 1.77. The van der Waals surface area contributed by atoms with Gasteiger partial charge in [-0.05, 0) is 19.1 Å². The highest BCUT2D eigenvalue weighted by atomic mass is 16.5. The quantitative estimate of drug-likeness (QED) is 0.381.